The monoisotopic (exact) mass is 481 g/mol. The summed E-state index contributed by atoms with van der Waals surface area (Å²) in [7, 11) is -1.36. The second-order valence-corrected chi connectivity index (χ2v) is 9.32. The molecule has 9 heteroatoms. The van der Waals surface area contributed by atoms with Gasteiger partial charge in [0.2, 0.25) is 0 Å². The topological polar surface area (TPSA) is 99.2 Å². The van der Waals surface area contributed by atoms with Crippen LogP contribution in [0.3, 0.4) is 0 Å². The lowest BCUT2D eigenvalue weighted by Crippen LogP contribution is -2.60. The average molecular weight is 482 g/mol. The van der Waals surface area contributed by atoms with Gasteiger partial charge in [0.15, 0.2) is 6.10 Å². The van der Waals surface area contributed by atoms with Crippen LogP contribution in [0.2, 0.25) is 0 Å². The number of amides is 1. The fourth-order valence-corrected chi connectivity index (χ4v) is 4.78. The van der Waals surface area contributed by atoms with E-state index in [2.05, 4.69) is 0 Å². The Labute approximate surface area is 197 Å². The molecule has 1 heterocycles. The van der Waals surface area contributed by atoms with Crippen LogP contribution < -0.4 is 9.64 Å². The number of aryl methyl sites for hydroxylation is 1. The maximum absolute atomic E-state index is 13.1. The smallest absolute Gasteiger partial charge is 0.337 e. The average Bonchev–Trinajstić information content (AvgIpc) is 2.86. The van der Waals surface area contributed by atoms with E-state index < -0.39 is 34.1 Å². The fraction of sp³-hybridized carbons (Fsp3) is 0.200. The summed E-state index contributed by atoms with van der Waals surface area (Å²) in [6.07, 6.45) is -1.25. The number of ether oxygens (including phenoxy) is 2. The zero-order valence-corrected chi connectivity index (χ0v) is 19.6. The lowest BCUT2D eigenvalue weighted by molar-refractivity contribution is -0.134. The lowest BCUT2D eigenvalue weighted by Gasteiger charge is -2.46. The van der Waals surface area contributed by atoms with Gasteiger partial charge in [0.25, 0.3) is 16.0 Å². The van der Waals surface area contributed by atoms with Gasteiger partial charge in [0, 0.05) is 5.69 Å². The van der Waals surface area contributed by atoms with Crippen molar-refractivity contribution in [2.24, 2.45) is 0 Å². The Morgan fingerprint density at radius 2 is 1.50 bits per heavy atom. The van der Waals surface area contributed by atoms with Gasteiger partial charge in [0.1, 0.15) is 5.75 Å². The van der Waals surface area contributed by atoms with E-state index in [1.54, 1.807) is 48.5 Å². The third-order valence-corrected chi connectivity index (χ3v) is 6.92. The molecule has 1 fully saturated rings. The Morgan fingerprint density at radius 3 is 2.06 bits per heavy atom. The van der Waals surface area contributed by atoms with Crippen molar-refractivity contribution in [1.29, 1.82) is 0 Å². The van der Waals surface area contributed by atoms with Gasteiger partial charge in [-0.25, -0.2) is 4.79 Å². The summed E-state index contributed by atoms with van der Waals surface area (Å²) in [6, 6.07) is 18.7. The summed E-state index contributed by atoms with van der Waals surface area (Å²) in [6.45, 7) is 1.84. The zero-order chi connectivity index (χ0) is 24.5. The van der Waals surface area contributed by atoms with E-state index in [1.807, 2.05) is 6.92 Å². The van der Waals surface area contributed by atoms with E-state index in [4.69, 9.17) is 13.7 Å². The van der Waals surface area contributed by atoms with Gasteiger partial charge >= 0.3 is 5.97 Å². The number of benzene rings is 3. The number of methoxy groups -OCH3 is 2. The number of hydrogen-bond donors (Lipinski definition) is 0. The predicted molar refractivity (Wildman–Crippen MR) is 124 cm³/mol. The van der Waals surface area contributed by atoms with Crippen LogP contribution in [-0.2, 0) is 23.8 Å². The normalized spacial score (nSPS) is 17.7. The van der Waals surface area contributed by atoms with Gasteiger partial charge in [-0.05, 0) is 61.0 Å². The molecule has 0 aliphatic carbocycles. The van der Waals surface area contributed by atoms with E-state index in [-0.39, 0.29) is 4.90 Å². The van der Waals surface area contributed by atoms with E-state index >= 15 is 0 Å². The van der Waals surface area contributed by atoms with Crippen molar-refractivity contribution >= 4 is 27.7 Å². The first-order valence-electron chi connectivity index (χ1n) is 10.4. The van der Waals surface area contributed by atoms with Crippen molar-refractivity contribution < 1.29 is 31.7 Å². The zero-order valence-electron chi connectivity index (χ0n) is 18.8. The molecule has 2 atom stereocenters. The summed E-state index contributed by atoms with van der Waals surface area (Å²) < 4.78 is 41.2. The molecule has 34 heavy (non-hydrogen) atoms. The quantitative estimate of drug-likeness (QED) is 0.289. The Morgan fingerprint density at radius 1 is 0.882 bits per heavy atom. The molecule has 1 aliphatic heterocycles. The molecule has 8 nitrogen and oxygen atoms in total. The molecule has 2 unspecified atom stereocenters. The molecule has 176 valence electrons. The first kappa shape index (κ1) is 23.5. The molecule has 1 aliphatic rings. The van der Waals surface area contributed by atoms with E-state index in [1.165, 1.54) is 43.4 Å². The van der Waals surface area contributed by atoms with Gasteiger partial charge in [-0.3, -0.25) is 13.9 Å². The van der Waals surface area contributed by atoms with Crippen LogP contribution in [0.5, 0.6) is 5.75 Å². The molecule has 1 saturated heterocycles. The van der Waals surface area contributed by atoms with Crippen molar-refractivity contribution in [2.45, 2.75) is 24.0 Å². The van der Waals surface area contributed by atoms with Gasteiger partial charge in [-0.15, -0.1) is 0 Å². The van der Waals surface area contributed by atoms with Crippen molar-refractivity contribution in [2.75, 3.05) is 19.1 Å². The van der Waals surface area contributed by atoms with Crippen LogP contribution in [-0.4, -0.2) is 40.6 Å². The maximum atomic E-state index is 13.1. The highest BCUT2D eigenvalue weighted by Gasteiger charge is 2.52. The number of anilines is 1. The van der Waals surface area contributed by atoms with Gasteiger partial charge in [-0.2, -0.15) is 8.42 Å². The third-order valence-electron chi connectivity index (χ3n) is 5.61. The predicted octanol–water partition coefficient (Wildman–Crippen LogP) is 3.65. The number of hydrogen-bond acceptors (Lipinski definition) is 7. The van der Waals surface area contributed by atoms with Gasteiger partial charge in [0.05, 0.1) is 30.7 Å². The molecule has 4 rings (SSSR count). The maximum Gasteiger partial charge on any atom is 0.337 e. The minimum absolute atomic E-state index is 0.0275. The Balaban J connectivity index is 1.68. The number of nitrogens with zero attached hydrogens (tertiary/aromatic N) is 1. The number of β-lactam (4-membered cyclic amide) rings is 1. The SMILES string of the molecule is COC(=O)c1ccc(N2C(=O)C(OS(=O)(=O)c3ccc(C)cc3)C2c2ccc(OC)cc2)cc1. The van der Waals surface area contributed by atoms with Crippen LogP contribution in [0.25, 0.3) is 0 Å². The van der Waals surface area contributed by atoms with Gasteiger partial charge in [-0.1, -0.05) is 29.8 Å². The number of rotatable bonds is 7. The molecule has 0 radical (unpaired) electrons. The van der Waals surface area contributed by atoms with Crippen molar-refractivity contribution in [3.05, 3.63) is 89.5 Å². The minimum atomic E-state index is -4.18. The van der Waals surface area contributed by atoms with Crippen LogP contribution in [0, 0.1) is 6.92 Å². The first-order chi connectivity index (χ1) is 16.2. The minimum Gasteiger partial charge on any atom is -0.497 e. The molecule has 0 saturated carbocycles. The highest BCUT2D eigenvalue weighted by Crippen LogP contribution is 2.42. The second-order valence-electron chi connectivity index (χ2n) is 7.75. The van der Waals surface area contributed by atoms with E-state index in [9.17, 15) is 18.0 Å². The number of esters is 1. The number of carbonyl (C=O) groups excluding carboxylic acids is 2. The third kappa shape index (κ3) is 4.40. The summed E-state index contributed by atoms with van der Waals surface area (Å²) in [5, 5.41) is 0. The van der Waals surface area contributed by atoms with Gasteiger partial charge < -0.3 is 9.47 Å². The molecular formula is C25H23NO7S. The summed E-state index contributed by atoms with van der Waals surface area (Å²) in [5.74, 6) is -0.394. The Hall–Kier alpha value is -3.69. The highest BCUT2D eigenvalue weighted by atomic mass is 32.2. The van der Waals surface area contributed by atoms with Crippen LogP contribution in [0.15, 0.2) is 77.7 Å². The van der Waals surface area contributed by atoms with Crippen LogP contribution in [0.4, 0.5) is 5.69 Å². The molecular weight excluding hydrogens is 458 g/mol. The largest absolute Gasteiger partial charge is 0.497 e. The Bertz CT molecular complexity index is 1300. The standard InChI is InChI=1S/C25H23NO7S/c1-16-4-14-21(15-5-16)34(29,30)33-23-22(17-8-12-20(31-2)13-9-17)26(24(23)27)19-10-6-18(7-11-19)25(28)32-3/h4-15,22-23H,1-3H3. The molecule has 0 bridgehead atoms. The Kier molecular flexibility index (Phi) is 6.41. The lowest BCUT2D eigenvalue weighted by atomic mass is 9.90. The fourth-order valence-electron chi connectivity index (χ4n) is 3.74. The highest BCUT2D eigenvalue weighted by molar-refractivity contribution is 7.86. The van der Waals surface area contributed by atoms with Crippen molar-refractivity contribution in [3.63, 3.8) is 0 Å². The van der Waals surface area contributed by atoms with Crippen LogP contribution >= 0.6 is 0 Å². The molecule has 3 aromatic rings. The molecule has 0 aromatic heterocycles. The second kappa shape index (κ2) is 9.28. The molecule has 1 amide bonds. The van der Waals surface area contributed by atoms with Crippen LogP contribution in [0.1, 0.15) is 27.5 Å². The van der Waals surface area contributed by atoms with E-state index in [0.29, 0.717) is 22.6 Å². The van der Waals surface area contributed by atoms with E-state index in [0.717, 1.165) is 5.56 Å². The van der Waals surface area contributed by atoms with Crippen molar-refractivity contribution in [1.82, 2.24) is 0 Å². The van der Waals surface area contributed by atoms with Crippen molar-refractivity contribution in [3.8, 4) is 5.75 Å². The number of carbonyl (C=O) groups is 2. The molecule has 3 aromatic carbocycles. The molecule has 0 spiro atoms. The summed E-state index contributed by atoms with van der Waals surface area (Å²) >= 11 is 0. The first-order valence-corrected chi connectivity index (χ1v) is 11.8. The molecule has 0 N–H and O–H groups in total. The summed E-state index contributed by atoms with van der Waals surface area (Å²) in [5.41, 5.74) is 2.39. The summed E-state index contributed by atoms with van der Waals surface area (Å²) in [4.78, 5) is 26.3.